The van der Waals surface area contributed by atoms with Gasteiger partial charge in [0.25, 0.3) is 0 Å². The summed E-state index contributed by atoms with van der Waals surface area (Å²) in [6, 6.07) is 17.9. The molecule has 4 aromatic rings. The number of carbonyl (C=O) groups excluding carboxylic acids is 1. The van der Waals surface area contributed by atoms with E-state index in [-0.39, 0.29) is 18.5 Å². The Balaban J connectivity index is 1.24. The smallest absolute Gasteiger partial charge is 0.347 e. The monoisotopic (exact) mass is 416 g/mol. The molecule has 1 aliphatic rings. The minimum absolute atomic E-state index is 0.0706. The van der Waals surface area contributed by atoms with Crippen molar-refractivity contribution in [2.24, 2.45) is 0 Å². The lowest BCUT2D eigenvalue weighted by molar-refractivity contribution is -0.122. The van der Waals surface area contributed by atoms with Crippen LogP contribution in [-0.2, 0) is 17.9 Å². The van der Waals surface area contributed by atoms with Gasteiger partial charge in [-0.1, -0.05) is 42.5 Å². The van der Waals surface area contributed by atoms with E-state index in [0.717, 1.165) is 37.9 Å². The highest BCUT2D eigenvalue weighted by atomic mass is 16.4. The molecule has 0 bridgehead atoms. The van der Waals surface area contributed by atoms with Crippen molar-refractivity contribution in [2.75, 3.05) is 13.1 Å². The molecule has 0 aliphatic carbocycles. The van der Waals surface area contributed by atoms with Gasteiger partial charge >= 0.3 is 5.63 Å². The van der Waals surface area contributed by atoms with E-state index in [1.807, 2.05) is 24.3 Å². The molecule has 0 unspecified atom stereocenters. The molecule has 1 saturated heterocycles. The van der Waals surface area contributed by atoms with Crippen LogP contribution in [0.4, 0.5) is 0 Å². The van der Waals surface area contributed by atoms with Crippen molar-refractivity contribution < 1.29 is 9.21 Å². The number of nitrogens with one attached hydrogen (secondary N) is 1. The van der Waals surface area contributed by atoms with Crippen LogP contribution in [0.1, 0.15) is 18.4 Å². The van der Waals surface area contributed by atoms with Crippen molar-refractivity contribution in [1.82, 2.24) is 20.0 Å². The van der Waals surface area contributed by atoms with Crippen molar-refractivity contribution in [2.45, 2.75) is 32.0 Å². The third-order valence-electron chi connectivity index (χ3n) is 5.90. The molecule has 0 atom stereocenters. The van der Waals surface area contributed by atoms with Crippen LogP contribution < -0.4 is 10.9 Å². The fourth-order valence-electron chi connectivity index (χ4n) is 4.33. The van der Waals surface area contributed by atoms with Gasteiger partial charge in [-0.15, -0.1) is 0 Å². The van der Waals surface area contributed by atoms with Crippen LogP contribution in [0.15, 0.2) is 70.0 Å². The van der Waals surface area contributed by atoms with Crippen LogP contribution in [0.5, 0.6) is 0 Å². The maximum absolute atomic E-state index is 12.7. The Bertz CT molecular complexity index is 1270. The van der Waals surface area contributed by atoms with Crippen molar-refractivity contribution in [1.29, 1.82) is 0 Å². The third-order valence-corrected chi connectivity index (χ3v) is 5.90. The molecule has 2 aromatic heterocycles. The van der Waals surface area contributed by atoms with E-state index in [9.17, 15) is 9.59 Å². The number of carbonyl (C=O) groups is 1. The molecule has 1 amide bonds. The average molecular weight is 416 g/mol. The van der Waals surface area contributed by atoms with Gasteiger partial charge in [-0.25, -0.2) is 4.79 Å². The first kappa shape index (κ1) is 19.5. The van der Waals surface area contributed by atoms with E-state index < -0.39 is 5.63 Å². The number of hydrogen-bond acceptors (Lipinski definition) is 5. The number of fused-ring (bicyclic) bond motifs is 3. The Hall–Kier alpha value is -3.45. The van der Waals surface area contributed by atoms with Crippen LogP contribution >= 0.6 is 0 Å². The van der Waals surface area contributed by atoms with Gasteiger partial charge in [0.15, 0.2) is 0 Å². The van der Waals surface area contributed by atoms with Crippen molar-refractivity contribution in [3.8, 4) is 0 Å². The number of rotatable bonds is 5. The van der Waals surface area contributed by atoms with Crippen molar-refractivity contribution in [3.63, 3.8) is 0 Å². The van der Waals surface area contributed by atoms with Gasteiger partial charge in [0.05, 0.1) is 11.7 Å². The number of nitrogens with zero attached hydrogens (tertiary/aromatic N) is 3. The molecule has 1 N–H and O–H groups in total. The molecule has 31 heavy (non-hydrogen) atoms. The molecular weight excluding hydrogens is 392 g/mol. The number of hydrogen-bond donors (Lipinski definition) is 1. The summed E-state index contributed by atoms with van der Waals surface area (Å²) in [5.41, 5.74) is 2.01. The summed E-state index contributed by atoms with van der Waals surface area (Å²) < 4.78 is 6.94. The molecular formula is C24H24N4O3. The van der Waals surface area contributed by atoms with E-state index in [4.69, 9.17) is 4.42 Å². The number of amides is 1. The van der Waals surface area contributed by atoms with E-state index in [1.54, 1.807) is 10.7 Å². The molecule has 3 heterocycles. The van der Waals surface area contributed by atoms with E-state index in [2.05, 4.69) is 39.6 Å². The lowest BCUT2D eigenvalue weighted by Crippen LogP contribution is -2.45. The van der Waals surface area contributed by atoms with Gasteiger partial charge in [-0.2, -0.15) is 5.10 Å². The maximum atomic E-state index is 12.7. The summed E-state index contributed by atoms with van der Waals surface area (Å²) in [4.78, 5) is 27.4. The third kappa shape index (κ3) is 4.09. The largest absolute Gasteiger partial charge is 0.422 e. The second-order valence-corrected chi connectivity index (χ2v) is 8.05. The number of benzene rings is 2. The molecule has 5 rings (SSSR count). The summed E-state index contributed by atoms with van der Waals surface area (Å²) in [5, 5.41) is 8.59. The van der Waals surface area contributed by atoms with Gasteiger partial charge in [-0.3, -0.25) is 14.4 Å². The van der Waals surface area contributed by atoms with Gasteiger partial charge in [0.1, 0.15) is 17.5 Å². The van der Waals surface area contributed by atoms with Crippen molar-refractivity contribution in [3.05, 3.63) is 76.8 Å². The summed E-state index contributed by atoms with van der Waals surface area (Å²) in [7, 11) is 0. The van der Waals surface area contributed by atoms with Gasteiger partial charge < -0.3 is 9.73 Å². The highest BCUT2D eigenvalue weighted by Gasteiger charge is 2.22. The number of likely N-dealkylation sites (tertiary alicyclic amines) is 1. The second-order valence-electron chi connectivity index (χ2n) is 8.05. The molecule has 7 heteroatoms. The molecule has 1 fully saturated rings. The van der Waals surface area contributed by atoms with Crippen LogP contribution in [-0.4, -0.2) is 39.7 Å². The topological polar surface area (TPSA) is 80.4 Å². The highest BCUT2D eigenvalue weighted by Crippen LogP contribution is 2.22. The normalized spacial score (nSPS) is 15.5. The first-order valence-corrected chi connectivity index (χ1v) is 10.6. The first-order valence-electron chi connectivity index (χ1n) is 10.6. The van der Waals surface area contributed by atoms with Crippen LogP contribution in [0.3, 0.4) is 0 Å². The predicted octanol–water partition coefficient (Wildman–Crippen LogP) is 2.92. The van der Waals surface area contributed by atoms with E-state index in [0.29, 0.717) is 16.5 Å². The minimum atomic E-state index is -0.439. The van der Waals surface area contributed by atoms with Crippen molar-refractivity contribution >= 4 is 27.8 Å². The average Bonchev–Trinajstić information content (AvgIpc) is 3.20. The van der Waals surface area contributed by atoms with Gasteiger partial charge in [0.2, 0.25) is 5.91 Å². The quantitative estimate of drug-likeness (QED) is 0.506. The molecule has 158 valence electrons. The Morgan fingerprint density at radius 2 is 1.77 bits per heavy atom. The maximum Gasteiger partial charge on any atom is 0.347 e. The number of piperidine rings is 1. The number of para-hydroxylation sites is 1. The van der Waals surface area contributed by atoms with Crippen LogP contribution in [0.25, 0.3) is 21.9 Å². The zero-order valence-corrected chi connectivity index (χ0v) is 17.2. The molecule has 0 saturated carbocycles. The lowest BCUT2D eigenvalue weighted by Gasteiger charge is -2.32. The SMILES string of the molecule is O=C(Cn1ncc2c(=O)oc3ccccc3c21)NC1CCN(Cc2ccccc2)CC1. The Morgan fingerprint density at radius 3 is 2.58 bits per heavy atom. The zero-order chi connectivity index (χ0) is 21.2. The summed E-state index contributed by atoms with van der Waals surface area (Å²) in [6.07, 6.45) is 3.32. The standard InChI is InChI=1S/C24H24N4O3/c29-22(26-18-10-12-27(13-11-18)15-17-6-2-1-3-7-17)16-28-23-19-8-4-5-9-21(19)31-24(30)20(23)14-25-28/h1-9,14,18H,10-13,15-16H2,(H,26,29). The number of aromatic nitrogens is 2. The molecule has 2 aromatic carbocycles. The summed E-state index contributed by atoms with van der Waals surface area (Å²) in [6.45, 7) is 2.92. The minimum Gasteiger partial charge on any atom is -0.422 e. The lowest BCUT2D eigenvalue weighted by atomic mass is 10.0. The summed E-state index contributed by atoms with van der Waals surface area (Å²) >= 11 is 0. The Kier molecular flexibility index (Phi) is 5.26. The van der Waals surface area contributed by atoms with Gasteiger partial charge in [0, 0.05) is 31.1 Å². The van der Waals surface area contributed by atoms with E-state index in [1.165, 1.54) is 11.8 Å². The Morgan fingerprint density at radius 1 is 1.03 bits per heavy atom. The summed E-state index contributed by atoms with van der Waals surface area (Å²) in [5.74, 6) is -0.0937. The second kappa shape index (κ2) is 8.35. The van der Waals surface area contributed by atoms with Crippen LogP contribution in [0.2, 0.25) is 0 Å². The molecule has 0 spiro atoms. The first-order chi connectivity index (χ1) is 15.2. The van der Waals surface area contributed by atoms with Crippen LogP contribution in [0, 0.1) is 0 Å². The highest BCUT2D eigenvalue weighted by molar-refractivity contribution is 6.02. The molecule has 0 radical (unpaired) electrons. The fourth-order valence-corrected chi connectivity index (χ4v) is 4.33. The molecule has 7 nitrogen and oxygen atoms in total. The van der Waals surface area contributed by atoms with Gasteiger partial charge in [-0.05, 0) is 30.5 Å². The fraction of sp³-hybridized carbons (Fsp3) is 0.292. The predicted molar refractivity (Wildman–Crippen MR) is 119 cm³/mol. The Labute approximate surface area is 179 Å². The zero-order valence-electron chi connectivity index (χ0n) is 17.2. The molecule has 1 aliphatic heterocycles. The van der Waals surface area contributed by atoms with E-state index >= 15 is 0 Å².